The van der Waals surface area contributed by atoms with E-state index < -0.39 is 0 Å². The zero-order chi connectivity index (χ0) is 21.1. The van der Waals surface area contributed by atoms with Crippen molar-refractivity contribution in [3.8, 4) is 5.75 Å². The first kappa shape index (κ1) is 19.7. The summed E-state index contributed by atoms with van der Waals surface area (Å²) in [7, 11) is 0. The second-order valence-corrected chi connectivity index (χ2v) is 7.10. The molecule has 0 radical (unpaired) electrons. The Hall–Kier alpha value is -3.64. The Morgan fingerprint density at radius 2 is 1.87 bits per heavy atom. The third-order valence-corrected chi connectivity index (χ3v) is 4.90. The van der Waals surface area contributed by atoms with E-state index >= 15 is 0 Å². The molecule has 7 heteroatoms. The van der Waals surface area contributed by atoms with Gasteiger partial charge in [0.05, 0.1) is 22.0 Å². The van der Waals surface area contributed by atoms with Crippen LogP contribution in [0.3, 0.4) is 0 Å². The minimum atomic E-state index is -0.339. The predicted molar refractivity (Wildman–Crippen MR) is 116 cm³/mol. The van der Waals surface area contributed by atoms with Crippen molar-refractivity contribution in [2.45, 2.75) is 13.5 Å². The van der Waals surface area contributed by atoms with Crippen LogP contribution in [-0.4, -0.2) is 15.3 Å². The van der Waals surface area contributed by atoms with Crippen molar-refractivity contribution in [3.63, 3.8) is 0 Å². The molecule has 2 aromatic heterocycles. The number of carbonyl (C=O) groups is 1. The summed E-state index contributed by atoms with van der Waals surface area (Å²) in [6.07, 6.45) is 1.68. The van der Waals surface area contributed by atoms with Crippen LogP contribution in [0, 0.1) is 6.92 Å². The summed E-state index contributed by atoms with van der Waals surface area (Å²) in [5.74, 6) is 0.124. The summed E-state index contributed by atoms with van der Waals surface area (Å²) in [4.78, 5) is 29.5. The molecule has 0 aliphatic carbocycles. The van der Waals surface area contributed by atoms with Gasteiger partial charge in [-0.15, -0.1) is 0 Å². The molecule has 1 amide bonds. The number of fused-ring (bicyclic) bond motifs is 1. The molecule has 4 aromatic rings. The Bertz CT molecular complexity index is 1300. The van der Waals surface area contributed by atoms with Crippen LogP contribution in [0.15, 0.2) is 77.7 Å². The second-order valence-electron chi connectivity index (χ2n) is 6.69. The standard InChI is InChI=1S/C23H18ClN3O3/c1-15-7-6-12-27-21(28)13-16(25-22(15)27)14-30-20-11-5-4-10-19(20)26-23(29)17-8-2-3-9-18(17)24/h2-13H,14H2,1H3,(H,26,29). The van der Waals surface area contributed by atoms with Gasteiger partial charge in [0, 0.05) is 12.3 Å². The van der Waals surface area contributed by atoms with Crippen LogP contribution in [0.5, 0.6) is 5.75 Å². The lowest BCUT2D eigenvalue weighted by Crippen LogP contribution is -2.17. The van der Waals surface area contributed by atoms with E-state index in [4.69, 9.17) is 16.3 Å². The van der Waals surface area contributed by atoms with Crippen LogP contribution in [0.2, 0.25) is 5.02 Å². The topological polar surface area (TPSA) is 72.7 Å². The van der Waals surface area contributed by atoms with E-state index in [0.717, 1.165) is 5.56 Å². The number of para-hydroxylation sites is 2. The number of carbonyl (C=O) groups excluding carboxylic acids is 1. The molecule has 1 N–H and O–H groups in total. The summed E-state index contributed by atoms with van der Waals surface area (Å²) in [6, 6.07) is 19.0. The van der Waals surface area contributed by atoms with Gasteiger partial charge in [-0.25, -0.2) is 4.98 Å². The number of ether oxygens (including phenoxy) is 1. The average Bonchev–Trinajstić information content (AvgIpc) is 2.74. The average molecular weight is 420 g/mol. The molecule has 6 nitrogen and oxygen atoms in total. The molecule has 2 heterocycles. The van der Waals surface area contributed by atoms with Crippen molar-refractivity contribution < 1.29 is 9.53 Å². The van der Waals surface area contributed by atoms with E-state index in [-0.39, 0.29) is 18.1 Å². The van der Waals surface area contributed by atoms with Gasteiger partial charge in [-0.1, -0.05) is 41.9 Å². The van der Waals surface area contributed by atoms with Crippen molar-refractivity contribution in [1.82, 2.24) is 9.38 Å². The molecular weight excluding hydrogens is 402 g/mol. The highest BCUT2D eigenvalue weighted by molar-refractivity contribution is 6.34. The van der Waals surface area contributed by atoms with Crippen LogP contribution < -0.4 is 15.6 Å². The van der Waals surface area contributed by atoms with Gasteiger partial charge in [0.25, 0.3) is 11.5 Å². The van der Waals surface area contributed by atoms with E-state index in [1.807, 2.05) is 13.0 Å². The number of hydrogen-bond donors (Lipinski definition) is 1. The molecule has 0 aliphatic rings. The van der Waals surface area contributed by atoms with Crippen molar-refractivity contribution >= 4 is 28.8 Å². The zero-order valence-electron chi connectivity index (χ0n) is 16.1. The first-order valence-electron chi connectivity index (χ1n) is 9.28. The Balaban J connectivity index is 1.56. The maximum absolute atomic E-state index is 12.6. The zero-order valence-corrected chi connectivity index (χ0v) is 16.9. The molecule has 0 saturated heterocycles. The normalized spacial score (nSPS) is 10.7. The second kappa shape index (κ2) is 8.39. The predicted octanol–water partition coefficient (Wildman–Crippen LogP) is 4.49. The molecule has 4 rings (SSSR count). The number of nitrogens with one attached hydrogen (secondary N) is 1. The van der Waals surface area contributed by atoms with Crippen LogP contribution in [-0.2, 0) is 6.61 Å². The number of aromatic nitrogens is 2. The Morgan fingerprint density at radius 3 is 2.70 bits per heavy atom. The van der Waals surface area contributed by atoms with E-state index in [1.165, 1.54) is 10.5 Å². The van der Waals surface area contributed by atoms with Gasteiger partial charge in [-0.05, 0) is 42.8 Å². The van der Waals surface area contributed by atoms with Gasteiger partial charge < -0.3 is 10.1 Å². The molecule has 0 unspecified atom stereocenters. The fraction of sp³-hybridized carbons (Fsp3) is 0.0870. The fourth-order valence-corrected chi connectivity index (χ4v) is 3.29. The molecule has 0 fully saturated rings. The molecule has 0 saturated carbocycles. The minimum Gasteiger partial charge on any atom is -0.485 e. The van der Waals surface area contributed by atoms with Crippen molar-refractivity contribution in [1.29, 1.82) is 0 Å². The van der Waals surface area contributed by atoms with Crippen molar-refractivity contribution in [3.05, 3.63) is 105 Å². The first-order chi connectivity index (χ1) is 14.5. The number of rotatable bonds is 5. The highest BCUT2D eigenvalue weighted by Crippen LogP contribution is 2.26. The highest BCUT2D eigenvalue weighted by atomic mass is 35.5. The largest absolute Gasteiger partial charge is 0.485 e. The minimum absolute atomic E-state index is 0.0824. The fourth-order valence-electron chi connectivity index (χ4n) is 3.07. The van der Waals surface area contributed by atoms with E-state index in [9.17, 15) is 9.59 Å². The van der Waals surface area contributed by atoms with Crippen LogP contribution in [0.25, 0.3) is 5.65 Å². The van der Waals surface area contributed by atoms with Crippen molar-refractivity contribution in [2.24, 2.45) is 0 Å². The molecule has 2 aromatic carbocycles. The molecule has 0 bridgehead atoms. The lowest BCUT2D eigenvalue weighted by Gasteiger charge is -2.13. The van der Waals surface area contributed by atoms with Gasteiger partial charge >= 0.3 is 0 Å². The third-order valence-electron chi connectivity index (χ3n) is 4.57. The molecule has 30 heavy (non-hydrogen) atoms. The van der Waals surface area contributed by atoms with Crippen LogP contribution >= 0.6 is 11.6 Å². The molecule has 0 atom stereocenters. The quantitative estimate of drug-likeness (QED) is 0.517. The van der Waals surface area contributed by atoms with E-state index in [2.05, 4.69) is 10.3 Å². The Labute approximate surface area is 177 Å². The number of amides is 1. The SMILES string of the molecule is Cc1cccn2c(=O)cc(COc3ccccc3NC(=O)c3ccccc3Cl)nc12. The summed E-state index contributed by atoms with van der Waals surface area (Å²) >= 11 is 6.11. The third kappa shape index (κ3) is 4.04. The molecular formula is C23H18ClN3O3. The van der Waals surface area contributed by atoms with Gasteiger partial charge in [-0.3, -0.25) is 14.0 Å². The smallest absolute Gasteiger partial charge is 0.258 e. The lowest BCUT2D eigenvalue weighted by atomic mass is 10.2. The number of benzene rings is 2. The van der Waals surface area contributed by atoms with Crippen LogP contribution in [0.4, 0.5) is 5.69 Å². The number of pyridine rings is 1. The maximum Gasteiger partial charge on any atom is 0.258 e. The van der Waals surface area contributed by atoms with Crippen LogP contribution in [0.1, 0.15) is 21.6 Å². The highest BCUT2D eigenvalue weighted by Gasteiger charge is 2.13. The number of aryl methyl sites for hydroxylation is 1. The monoisotopic (exact) mass is 419 g/mol. The number of halogens is 1. The van der Waals surface area contributed by atoms with Crippen molar-refractivity contribution in [2.75, 3.05) is 5.32 Å². The van der Waals surface area contributed by atoms with Gasteiger partial charge in [0.1, 0.15) is 18.0 Å². The van der Waals surface area contributed by atoms with E-state index in [0.29, 0.717) is 33.4 Å². The lowest BCUT2D eigenvalue weighted by molar-refractivity contribution is 0.102. The summed E-state index contributed by atoms with van der Waals surface area (Å²) in [6.45, 7) is 1.98. The van der Waals surface area contributed by atoms with E-state index in [1.54, 1.807) is 60.8 Å². The van der Waals surface area contributed by atoms with Gasteiger partial charge in [0.2, 0.25) is 0 Å². The number of hydrogen-bond acceptors (Lipinski definition) is 4. The summed E-state index contributed by atoms with van der Waals surface area (Å²) < 4.78 is 7.37. The van der Waals surface area contributed by atoms with Gasteiger partial charge in [0.15, 0.2) is 0 Å². The molecule has 0 aliphatic heterocycles. The molecule has 150 valence electrons. The number of anilines is 1. The Morgan fingerprint density at radius 1 is 1.10 bits per heavy atom. The summed E-state index contributed by atoms with van der Waals surface area (Å²) in [5.41, 5.74) is 2.67. The molecule has 0 spiro atoms. The number of nitrogens with zero attached hydrogens (tertiary/aromatic N) is 2. The maximum atomic E-state index is 12.6. The van der Waals surface area contributed by atoms with Gasteiger partial charge in [-0.2, -0.15) is 0 Å². The first-order valence-corrected chi connectivity index (χ1v) is 9.66. The summed E-state index contributed by atoms with van der Waals surface area (Å²) in [5, 5.41) is 3.18. The Kier molecular flexibility index (Phi) is 5.50.